The van der Waals surface area contributed by atoms with Crippen molar-refractivity contribution in [3.05, 3.63) is 5.89 Å². The Morgan fingerprint density at radius 1 is 1.70 bits per heavy atom. The van der Waals surface area contributed by atoms with Crippen molar-refractivity contribution in [2.24, 2.45) is 5.92 Å². The van der Waals surface area contributed by atoms with Gasteiger partial charge in [-0.15, -0.1) is 0 Å². The molecular weight excluding hydrogens is 130 g/mol. The molecule has 1 aliphatic carbocycles. The van der Waals surface area contributed by atoms with Crippen LogP contribution in [-0.4, -0.2) is 10.1 Å². The third-order valence-electron chi connectivity index (χ3n) is 1.88. The van der Waals surface area contributed by atoms with E-state index in [1.54, 1.807) is 0 Å². The lowest BCUT2D eigenvalue weighted by molar-refractivity contribution is 0.377. The van der Waals surface area contributed by atoms with Gasteiger partial charge in [0.15, 0.2) is 0 Å². The Balaban J connectivity index is 2.20. The fourth-order valence-electron chi connectivity index (χ4n) is 1.06. The van der Waals surface area contributed by atoms with E-state index in [9.17, 15) is 0 Å². The second-order valence-electron chi connectivity index (χ2n) is 2.81. The highest BCUT2D eigenvalue weighted by Crippen LogP contribution is 2.46. The summed E-state index contributed by atoms with van der Waals surface area (Å²) < 4.78 is 4.87. The molecule has 2 rings (SSSR count). The second-order valence-corrected chi connectivity index (χ2v) is 2.81. The van der Waals surface area contributed by atoms with Crippen LogP contribution in [0.15, 0.2) is 4.52 Å². The van der Waals surface area contributed by atoms with Crippen LogP contribution in [0, 0.1) is 5.92 Å². The minimum absolute atomic E-state index is 0.245. The van der Waals surface area contributed by atoms with Gasteiger partial charge in [0.05, 0.1) is 0 Å². The van der Waals surface area contributed by atoms with Gasteiger partial charge in [-0.1, -0.05) is 6.92 Å². The SMILES string of the molecule is CC1CC1c1nc(N)no1. The van der Waals surface area contributed by atoms with E-state index >= 15 is 0 Å². The molecule has 1 aromatic heterocycles. The Kier molecular flexibility index (Phi) is 0.977. The van der Waals surface area contributed by atoms with Crippen LogP contribution in [0.5, 0.6) is 0 Å². The van der Waals surface area contributed by atoms with Crippen molar-refractivity contribution in [2.45, 2.75) is 19.3 Å². The number of nitrogens with zero attached hydrogens (tertiary/aromatic N) is 2. The van der Waals surface area contributed by atoms with Crippen LogP contribution in [0.25, 0.3) is 0 Å². The van der Waals surface area contributed by atoms with E-state index in [2.05, 4.69) is 17.1 Å². The smallest absolute Gasteiger partial charge is 0.260 e. The van der Waals surface area contributed by atoms with Crippen molar-refractivity contribution in [1.82, 2.24) is 10.1 Å². The maximum atomic E-state index is 5.27. The molecule has 10 heavy (non-hydrogen) atoms. The monoisotopic (exact) mass is 139 g/mol. The molecule has 2 unspecified atom stereocenters. The average molecular weight is 139 g/mol. The molecule has 0 amide bonds. The third kappa shape index (κ3) is 0.761. The van der Waals surface area contributed by atoms with Crippen molar-refractivity contribution in [3.8, 4) is 0 Å². The molecule has 1 heterocycles. The van der Waals surface area contributed by atoms with Gasteiger partial charge in [-0.25, -0.2) is 0 Å². The predicted octanol–water partition coefficient (Wildman–Crippen LogP) is 0.775. The number of hydrogen-bond donors (Lipinski definition) is 1. The Morgan fingerprint density at radius 3 is 2.80 bits per heavy atom. The Hall–Kier alpha value is -1.06. The van der Waals surface area contributed by atoms with Crippen LogP contribution in [0.4, 0.5) is 5.95 Å². The first-order valence-corrected chi connectivity index (χ1v) is 3.36. The largest absolute Gasteiger partial charge is 0.365 e. The van der Waals surface area contributed by atoms with Gasteiger partial charge in [0, 0.05) is 5.92 Å². The topological polar surface area (TPSA) is 64.9 Å². The van der Waals surface area contributed by atoms with Crippen molar-refractivity contribution in [1.29, 1.82) is 0 Å². The standard InChI is InChI=1S/C6H9N3O/c1-3-2-4(3)5-8-6(7)9-10-5/h3-4H,2H2,1H3,(H2,7,9). The lowest BCUT2D eigenvalue weighted by atomic mass is 10.3. The van der Waals surface area contributed by atoms with Crippen molar-refractivity contribution < 1.29 is 4.52 Å². The lowest BCUT2D eigenvalue weighted by Crippen LogP contribution is -1.86. The minimum Gasteiger partial charge on any atom is -0.365 e. The summed E-state index contributed by atoms with van der Waals surface area (Å²) in [5, 5.41) is 3.50. The molecule has 2 atom stereocenters. The normalized spacial score (nSPS) is 30.5. The highest BCUT2D eigenvalue weighted by atomic mass is 16.5. The predicted molar refractivity (Wildman–Crippen MR) is 35.2 cm³/mol. The van der Waals surface area contributed by atoms with Crippen LogP contribution in [-0.2, 0) is 0 Å². The molecule has 1 aromatic rings. The molecular formula is C6H9N3O. The van der Waals surface area contributed by atoms with E-state index in [1.165, 1.54) is 0 Å². The number of rotatable bonds is 1. The summed E-state index contributed by atoms with van der Waals surface area (Å²) in [7, 11) is 0. The molecule has 4 nitrogen and oxygen atoms in total. The molecule has 0 radical (unpaired) electrons. The van der Waals surface area contributed by atoms with Gasteiger partial charge in [-0.2, -0.15) is 4.98 Å². The summed E-state index contributed by atoms with van der Waals surface area (Å²) in [5.41, 5.74) is 5.27. The first-order valence-electron chi connectivity index (χ1n) is 3.36. The van der Waals surface area contributed by atoms with Crippen LogP contribution in [0.3, 0.4) is 0 Å². The molecule has 1 fully saturated rings. The maximum absolute atomic E-state index is 5.27. The lowest BCUT2D eigenvalue weighted by Gasteiger charge is -1.81. The number of nitrogens with two attached hydrogens (primary N) is 1. The fraction of sp³-hybridized carbons (Fsp3) is 0.667. The minimum atomic E-state index is 0.245. The van der Waals surface area contributed by atoms with Gasteiger partial charge in [-0.3, -0.25) is 0 Å². The molecule has 0 saturated heterocycles. The van der Waals surface area contributed by atoms with E-state index in [0.717, 1.165) is 6.42 Å². The van der Waals surface area contributed by atoms with Gasteiger partial charge in [0.2, 0.25) is 5.89 Å². The quantitative estimate of drug-likeness (QED) is 0.624. The molecule has 2 N–H and O–H groups in total. The zero-order chi connectivity index (χ0) is 7.14. The summed E-state index contributed by atoms with van der Waals surface area (Å²) >= 11 is 0. The van der Waals surface area contributed by atoms with Crippen LogP contribution >= 0.6 is 0 Å². The number of nitrogen functional groups attached to an aromatic ring is 1. The molecule has 0 aromatic carbocycles. The first kappa shape index (κ1) is 5.70. The van der Waals surface area contributed by atoms with Gasteiger partial charge in [0.25, 0.3) is 5.95 Å². The van der Waals surface area contributed by atoms with E-state index in [-0.39, 0.29) is 5.95 Å². The van der Waals surface area contributed by atoms with Crippen LogP contribution in [0.1, 0.15) is 25.2 Å². The molecule has 1 aliphatic rings. The van der Waals surface area contributed by atoms with Crippen LogP contribution < -0.4 is 5.73 Å². The highest BCUT2D eigenvalue weighted by molar-refractivity contribution is 5.15. The summed E-state index contributed by atoms with van der Waals surface area (Å²) in [6.45, 7) is 2.16. The molecule has 0 aliphatic heterocycles. The van der Waals surface area contributed by atoms with Gasteiger partial charge < -0.3 is 10.3 Å². The number of hydrogen-bond acceptors (Lipinski definition) is 4. The van der Waals surface area contributed by atoms with E-state index in [1.807, 2.05) is 0 Å². The first-order chi connectivity index (χ1) is 4.77. The summed E-state index contributed by atoms with van der Waals surface area (Å²) in [4.78, 5) is 3.92. The number of aromatic nitrogens is 2. The van der Waals surface area contributed by atoms with Gasteiger partial charge in [0.1, 0.15) is 0 Å². The Bertz CT molecular complexity index is 245. The van der Waals surface area contributed by atoms with E-state index in [0.29, 0.717) is 17.7 Å². The molecule has 1 saturated carbocycles. The summed E-state index contributed by atoms with van der Waals surface area (Å²) in [5.74, 6) is 2.11. The molecule has 4 heteroatoms. The molecule has 54 valence electrons. The number of anilines is 1. The van der Waals surface area contributed by atoms with E-state index in [4.69, 9.17) is 10.3 Å². The van der Waals surface area contributed by atoms with Crippen molar-refractivity contribution in [3.63, 3.8) is 0 Å². The van der Waals surface area contributed by atoms with Crippen LogP contribution in [0.2, 0.25) is 0 Å². The Morgan fingerprint density at radius 2 is 2.40 bits per heavy atom. The van der Waals surface area contributed by atoms with Crippen molar-refractivity contribution in [2.75, 3.05) is 5.73 Å². The zero-order valence-electron chi connectivity index (χ0n) is 5.74. The molecule has 0 spiro atoms. The molecule has 0 bridgehead atoms. The Labute approximate surface area is 58.4 Å². The average Bonchev–Trinajstić information content (AvgIpc) is 2.42. The zero-order valence-corrected chi connectivity index (χ0v) is 5.74. The summed E-state index contributed by atoms with van der Waals surface area (Å²) in [6.07, 6.45) is 1.15. The third-order valence-corrected chi connectivity index (χ3v) is 1.88. The van der Waals surface area contributed by atoms with Gasteiger partial charge in [-0.05, 0) is 17.5 Å². The summed E-state index contributed by atoms with van der Waals surface area (Å²) in [6, 6.07) is 0. The maximum Gasteiger partial charge on any atom is 0.260 e. The van der Waals surface area contributed by atoms with E-state index < -0.39 is 0 Å². The van der Waals surface area contributed by atoms with Crippen molar-refractivity contribution >= 4 is 5.95 Å². The van der Waals surface area contributed by atoms with Gasteiger partial charge >= 0.3 is 0 Å². The second kappa shape index (κ2) is 1.71. The highest BCUT2D eigenvalue weighted by Gasteiger charge is 2.38. The fourth-order valence-corrected chi connectivity index (χ4v) is 1.06.